The van der Waals surface area contributed by atoms with Crippen LogP contribution < -0.4 is 4.90 Å². The topological polar surface area (TPSA) is 84.2 Å². The molecule has 0 heterocycles. The Bertz CT molecular complexity index is 300. The molecule has 1 aromatic rings. The molecule has 0 aliphatic rings. The molecule has 4 N–H and O–H groups in total. The van der Waals surface area contributed by atoms with Crippen LogP contribution in [0.2, 0.25) is 0 Å². The molecule has 0 aliphatic carbocycles. The van der Waals surface area contributed by atoms with Crippen LogP contribution in [-0.2, 0) is 0 Å². The minimum absolute atomic E-state index is 0.0688. The van der Waals surface area contributed by atoms with Crippen LogP contribution in [0.15, 0.2) is 24.3 Å². The highest BCUT2D eigenvalue weighted by atomic mass is 16.5. The first-order valence-corrected chi connectivity index (χ1v) is 5.03. The van der Waals surface area contributed by atoms with Gasteiger partial charge in [0.25, 0.3) is 0 Å². The largest absolute Gasteiger partial charge is 0.367 e. The molecule has 90 valence electrons. The zero-order valence-electron chi connectivity index (χ0n) is 9.11. The summed E-state index contributed by atoms with van der Waals surface area (Å²) < 4.78 is 0. The number of aryl methyl sites for hydroxylation is 1. The predicted octanol–water partition coefficient (Wildman–Crippen LogP) is -0.577. The number of hydrogen-bond donors (Lipinski definition) is 4. The number of nitrogens with zero attached hydrogens (tertiary/aromatic N) is 1. The zero-order valence-corrected chi connectivity index (χ0v) is 9.11. The van der Waals surface area contributed by atoms with Crippen LogP contribution in [0.3, 0.4) is 0 Å². The number of rotatable bonds is 5. The van der Waals surface area contributed by atoms with Gasteiger partial charge in [-0.1, -0.05) is 17.7 Å². The molecule has 0 radical (unpaired) electrons. The highest BCUT2D eigenvalue weighted by molar-refractivity contribution is 5.47. The van der Waals surface area contributed by atoms with Crippen molar-refractivity contribution in [2.45, 2.75) is 19.5 Å². The van der Waals surface area contributed by atoms with Gasteiger partial charge in [-0.2, -0.15) is 0 Å². The number of benzene rings is 1. The lowest BCUT2D eigenvalue weighted by atomic mass is 10.2. The molecule has 0 saturated heterocycles. The van der Waals surface area contributed by atoms with E-state index in [9.17, 15) is 0 Å². The summed E-state index contributed by atoms with van der Waals surface area (Å²) in [7, 11) is 0. The van der Waals surface area contributed by atoms with Gasteiger partial charge >= 0.3 is 0 Å². The summed E-state index contributed by atoms with van der Waals surface area (Å²) in [6.45, 7) is 1.80. The first-order chi connectivity index (χ1) is 7.49. The maximum atomic E-state index is 8.90. The van der Waals surface area contributed by atoms with E-state index in [1.165, 1.54) is 4.90 Å². The summed E-state index contributed by atoms with van der Waals surface area (Å²) in [5.41, 5.74) is 1.80. The van der Waals surface area contributed by atoms with Gasteiger partial charge in [0.15, 0.2) is 12.6 Å². The van der Waals surface area contributed by atoms with Crippen molar-refractivity contribution < 1.29 is 20.4 Å². The van der Waals surface area contributed by atoms with E-state index in [4.69, 9.17) is 20.4 Å². The highest BCUT2D eigenvalue weighted by Gasteiger charge is 2.13. The Kier molecular flexibility index (Phi) is 4.70. The van der Waals surface area contributed by atoms with E-state index < -0.39 is 12.6 Å². The average Bonchev–Trinajstić information content (AvgIpc) is 2.16. The molecule has 0 bridgehead atoms. The lowest BCUT2D eigenvalue weighted by molar-refractivity contribution is -0.0481. The minimum atomic E-state index is -1.51. The van der Waals surface area contributed by atoms with Gasteiger partial charge in [0, 0.05) is 5.69 Å². The second kappa shape index (κ2) is 5.81. The zero-order chi connectivity index (χ0) is 12.1. The van der Waals surface area contributed by atoms with Crippen LogP contribution in [0.1, 0.15) is 5.56 Å². The fourth-order valence-corrected chi connectivity index (χ4v) is 1.44. The van der Waals surface area contributed by atoms with Crippen molar-refractivity contribution in [1.29, 1.82) is 0 Å². The van der Waals surface area contributed by atoms with Crippen molar-refractivity contribution in [2.75, 3.05) is 18.0 Å². The number of aliphatic hydroxyl groups excluding tert-OH is 2. The number of anilines is 1. The molecule has 0 aromatic heterocycles. The molecule has 5 nitrogen and oxygen atoms in total. The molecule has 0 aliphatic heterocycles. The summed E-state index contributed by atoms with van der Waals surface area (Å²) in [6, 6.07) is 7.33. The summed E-state index contributed by atoms with van der Waals surface area (Å²) >= 11 is 0. The summed E-state index contributed by atoms with van der Waals surface area (Å²) in [5.74, 6) is 0. The van der Waals surface area contributed by atoms with Gasteiger partial charge in [-0.3, -0.25) is 0 Å². The Morgan fingerprint density at radius 3 is 1.75 bits per heavy atom. The van der Waals surface area contributed by atoms with E-state index >= 15 is 0 Å². The maximum absolute atomic E-state index is 8.90. The molecule has 0 saturated carbocycles. The molecule has 5 heteroatoms. The third kappa shape index (κ3) is 4.16. The van der Waals surface area contributed by atoms with E-state index in [0.717, 1.165) is 5.56 Å². The third-order valence-electron chi connectivity index (χ3n) is 2.17. The summed E-state index contributed by atoms with van der Waals surface area (Å²) in [4.78, 5) is 1.49. The van der Waals surface area contributed by atoms with E-state index in [1.807, 2.05) is 19.1 Å². The lowest BCUT2D eigenvalue weighted by Crippen LogP contribution is -2.38. The van der Waals surface area contributed by atoms with Crippen molar-refractivity contribution >= 4 is 5.69 Å². The molecule has 0 spiro atoms. The first-order valence-electron chi connectivity index (χ1n) is 5.03. The quantitative estimate of drug-likeness (QED) is 0.506. The SMILES string of the molecule is Cc1ccc(N(CC(O)O)CC(O)O)cc1. The number of hydrogen-bond acceptors (Lipinski definition) is 5. The average molecular weight is 227 g/mol. The van der Waals surface area contributed by atoms with E-state index in [0.29, 0.717) is 5.69 Å². The van der Waals surface area contributed by atoms with Crippen LogP contribution in [0.4, 0.5) is 5.69 Å². The molecule has 0 fully saturated rings. The second-order valence-electron chi connectivity index (χ2n) is 3.70. The van der Waals surface area contributed by atoms with Gasteiger partial charge in [0.05, 0.1) is 13.1 Å². The van der Waals surface area contributed by atoms with Crippen LogP contribution in [-0.4, -0.2) is 46.1 Å². The van der Waals surface area contributed by atoms with E-state index in [-0.39, 0.29) is 13.1 Å². The Labute approximate surface area is 94.2 Å². The van der Waals surface area contributed by atoms with Crippen LogP contribution >= 0.6 is 0 Å². The van der Waals surface area contributed by atoms with Gasteiger partial charge < -0.3 is 25.3 Å². The Balaban J connectivity index is 2.78. The van der Waals surface area contributed by atoms with E-state index in [2.05, 4.69) is 0 Å². The van der Waals surface area contributed by atoms with Crippen molar-refractivity contribution in [3.05, 3.63) is 29.8 Å². The Morgan fingerprint density at radius 1 is 0.938 bits per heavy atom. The van der Waals surface area contributed by atoms with Gasteiger partial charge in [0.1, 0.15) is 0 Å². The second-order valence-corrected chi connectivity index (χ2v) is 3.70. The van der Waals surface area contributed by atoms with Crippen molar-refractivity contribution in [2.24, 2.45) is 0 Å². The molecular weight excluding hydrogens is 210 g/mol. The summed E-state index contributed by atoms with van der Waals surface area (Å²) in [6.07, 6.45) is -3.03. The standard InChI is InChI=1S/C11H17NO4/c1-8-2-4-9(5-3-8)12(6-10(13)14)7-11(15)16/h2-5,10-11,13-16H,6-7H2,1H3. The van der Waals surface area contributed by atoms with Crippen molar-refractivity contribution in [3.63, 3.8) is 0 Å². The van der Waals surface area contributed by atoms with Gasteiger partial charge in [-0.05, 0) is 19.1 Å². The number of aliphatic hydroxyl groups is 4. The van der Waals surface area contributed by atoms with Gasteiger partial charge in [-0.25, -0.2) is 0 Å². The fraction of sp³-hybridized carbons (Fsp3) is 0.455. The smallest absolute Gasteiger partial charge is 0.169 e. The molecule has 16 heavy (non-hydrogen) atoms. The Morgan fingerprint density at radius 2 is 1.38 bits per heavy atom. The predicted molar refractivity (Wildman–Crippen MR) is 59.8 cm³/mol. The lowest BCUT2D eigenvalue weighted by Gasteiger charge is -2.26. The maximum Gasteiger partial charge on any atom is 0.169 e. The van der Waals surface area contributed by atoms with Gasteiger partial charge in [-0.15, -0.1) is 0 Å². The van der Waals surface area contributed by atoms with E-state index in [1.54, 1.807) is 12.1 Å². The van der Waals surface area contributed by atoms with Crippen molar-refractivity contribution in [1.82, 2.24) is 0 Å². The molecule has 1 aromatic carbocycles. The molecular formula is C11H17NO4. The first kappa shape index (κ1) is 12.9. The van der Waals surface area contributed by atoms with Crippen molar-refractivity contribution in [3.8, 4) is 0 Å². The van der Waals surface area contributed by atoms with Gasteiger partial charge in [0.2, 0.25) is 0 Å². The minimum Gasteiger partial charge on any atom is -0.367 e. The van der Waals surface area contributed by atoms with Crippen LogP contribution in [0.5, 0.6) is 0 Å². The molecule has 0 amide bonds. The fourth-order valence-electron chi connectivity index (χ4n) is 1.44. The molecule has 1 rings (SSSR count). The Hall–Kier alpha value is -1.14. The van der Waals surface area contributed by atoms with Crippen LogP contribution in [0, 0.1) is 6.92 Å². The highest BCUT2D eigenvalue weighted by Crippen LogP contribution is 2.15. The normalized spacial score (nSPS) is 11.2. The summed E-state index contributed by atoms with van der Waals surface area (Å²) in [5, 5.41) is 35.6. The third-order valence-corrected chi connectivity index (χ3v) is 2.17. The molecule has 0 unspecified atom stereocenters. The van der Waals surface area contributed by atoms with Crippen LogP contribution in [0.25, 0.3) is 0 Å². The molecule has 0 atom stereocenters. The monoisotopic (exact) mass is 227 g/mol.